The Morgan fingerprint density at radius 1 is 0.792 bits per heavy atom. The van der Waals surface area contributed by atoms with Crippen LogP contribution in [0.5, 0.6) is 23.1 Å². The van der Waals surface area contributed by atoms with Gasteiger partial charge in [0.2, 0.25) is 11.8 Å². The Bertz CT molecular complexity index is 1990. The molecular formula is C43H42F3N3O4. The van der Waals surface area contributed by atoms with Crippen LogP contribution < -0.4 is 14.2 Å². The van der Waals surface area contributed by atoms with E-state index in [1.807, 2.05) is 12.1 Å². The minimum Gasteiger partial charge on any atom is -0.493 e. The maximum absolute atomic E-state index is 14.9. The maximum Gasteiger partial charge on any atom is 0.246 e. The van der Waals surface area contributed by atoms with Crippen molar-refractivity contribution in [2.75, 3.05) is 32.8 Å². The molecule has 4 aromatic carbocycles. The number of ether oxygens (including phenoxy) is 3. The van der Waals surface area contributed by atoms with Crippen LogP contribution in [0.1, 0.15) is 47.6 Å². The van der Waals surface area contributed by atoms with Crippen LogP contribution in [0.15, 0.2) is 109 Å². The number of nitrogens with zero attached hydrogens (tertiary/aromatic N) is 3. The Labute approximate surface area is 308 Å². The monoisotopic (exact) mass is 721 g/mol. The topological polar surface area (TPSA) is 64.1 Å². The summed E-state index contributed by atoms with van der Waals surface area (Å²) in [4.78, 5) is 21.1. The number of hydrogen-bond donors (Lipinski definition) is 0. The van der Waals surface area contributed by atoms with Crippen molar-refractivity contribution < 1.29 is 32.2 Å². The van der Waals surface area contributed by atoms with E-state index in [9.17, 15) is 18.0 Å². The third kappa shape index (κ3) is 10.7. The SMILES string of the molecule is CC(C)c1ccc(CCOc2ccc(CN3CCN(C(=O)C=Cc4ccc(Oc5ccc(OCc6ccc(F)cc6F)cn5)c(F)c4)CC3)cc2)cc1. The number of rotatable bonds is 14. The molecule has 0 atom stereocenters. The largest absolute Gasteiger partial charge is 0.493 e. The molecule has 10 heteroatoms. The van der Waals surface area contributed by atoms with E-state index < -0.39 is 17.5 Å². The maximum atomic E-state index is 14.9. The average Bonchev–Trinajstić information content (AvgIpc) is 3.16. The molecule has 0 aliphatic carbocycles. The highest BCUT2D eigenvalue weighted by Crippen LogP contribution is 2.26. The van der Waals surface area contributed by atoms with E-state index in [4.69, 9.17) is 14.2 Å². The summed E-state index contributed by atoms with van der Waals surface area (Å²) < 4.78 is 58.9. The first-order chi connectivity index (χ1) is 25.7. The van der Waals surface area contributed by atoms with Crippen LogP contribution in [0.25, 0.3) is 6.08 Å². The van der Waals surface area contributed by atoms with Crippen molar-refractivity contribution in [1.82, 2.24) is 14.8 Å². The van der Waals surface area contributed by atoms with Gasteiger partial charge < -0.3 is 19.1 Å². The fraction of sp³-hybridized carbons (Fsp3) is 0.256. The molecule has 1 aliphatic heterocycles. The van der Waals surface area contributed by atoms with Gasteiger partial charge in [-0.2, -0.15) is 0 Å². The van der Waals surface area contributed by atoms with E-state index in [2.05, 4.69) is 60.1 Å². The third-order valence-electron chi connectivity index (χ3n) is 9.03. The smallest absolute Gasteiger partial charge is 0.246 e. The standard InChI is InChI=1S/C43H42F3N3O4/c1-30(2)34-9-3-31(4-10-34)19-24-51-37-13-5-33(6-14-37)28-48-20-22-49(23-21-48)43(50)18-8-32-7-16-41(40(46)25-32)53-42-17-15-38(27-47-42)52-29-35-11-12-36(44)26-39(35)45/h3-18,25-27,30H,19-24,28-29H2,1-2H3. The molecule has 0 radical (unpaired) electrons. The van der Waals surface area contributed by atoms with Crippen molar-refractivity contribution in [3.8, 4) is 23.1 Å². The van der Waals surface area contributed by atoms with E-state index in [-0.39, 0.29) is 29.7 Å². The quantitative estimate of drug-likeness (QED) is 0.107. The molecule has 1 aromatic heterocycles. The molecule has 274 valence electrons. The lowest BCUT2D eigenvalue weighted by Crippen LogP contribution is -2.47. The molecule has 0 N–H and O–H groups in total. The number of pyridine rings is 1. The van der Waals surface area contributed by atoms with Gasteiger partial charge in [0.05, 0.1) is 12.8 Å². The third-order valence-corrected chi connectivity index (χ3v) is 9.03. The van der Waals surface area contributed by atoms with Crippen molar-refractivity contribution in [3.63, 3.8) is 0 Å². The lowest BCUT2D eigenvalue weighted by Gasteiger charge is -2.34. The summed E-state index contributed by atoms with van der Waals surface area (Å²) in [6.07, 6.45) is 5.27. The van der Waals surface area contributed by atoms with Crippen LogP contribution in [-0.2, 0) is 24.4 Å². The van der Waals surface area contributed by atoms with Crippen LogP contribution in [0, 0.1) is 17.5 Å². The summed E-state index contributed by atoms with van der Waals surface area (Å²) in [6, 6.07) is 27.6. The summed E-state index contributed by atoms with van der Waals surface area (Å²) in [5.74, 6) is -0.313. The molecule has 0 unspecified atom stereocenters. The number of piperazine rings is 1. The number of halogens is 3. The highest BCUT2D eigenvalue weighted by atomic mass is 19.1. The van der Waals surface area contributed by atoms with Gasteiger partial charge in [0.1, 0.15) is 29.7 Å². The normalized spacial score (nSPS) is 13.4. The molecule has 53 heavy (non-hydrogen) atoms. The van der Waals surface area contributed by atoms with Crippen molar-refractivity contribution in [1.29, 1.82) is 0 Å². The van der Waals surface area contributed by atoms with Crippen LogP contribution in [0.3, 0.4) is 0 Å². The number of benzene rings is 4. The summed E-state index contributed by atoms with van der Waals surface area (Å²) >= 11 is 0. The number of amides is 1. The predicted molar refractivity (Wildman–Crippen MR) is 198 cm³/mol. The molecule has 1 saturated heterocycles. The van der Waals surface area contributed by atoms with Crippen molar-refractivity contribution in [2.45, 2.75) is 39.3 Å². The Morgan fingerprint density at radius 3 is 2.21 bits per heavy atom. The van der Waals surface area contributed by atoms with E-state index in [1.54, 1.807) is 23.1 Å². The molecule has 0 spiro atoms. The Morgan fingerprint density at radius 2 is 1.53 bits per heavy atom. The zero-order valence-corrected chi connectivity index (χ0v) is 29.8. The van der Waals surface area contributed by atoms with Gasteiger partial charge in [0.15, 0.2) is 11.6 Å². The summed E-state index contributed by atoms with van der Waals surface area (Å²) in [5, 5.41) is 0. The molecule has 1 aliphatic rings. The molecule has 7 nitrogen and oxygen atoms in total. The molecule has 6 rings (SSSR count). The number of hydrogen-bond acceptors (Lipinski definition) is 6. The minimum atomic E-state index is -0.704. The molecule has 1 amide bonds. The van der Waals surface area contributed by atoms with Gasteiger partial charge in [-0.05, 0) is 76.7 Å². The Hall–Kier alpha value is -5.61. The fourth-order valence-electron chi connectivity index (χ4n) is 5.83. The molecule has 0 bridgehead atoms. The molecule has 5 aromatic rings. The van der Waals surface area contributed by atoms with E-state index in [0.29, 0.717) is 36.9 Å². The van der Waals surface area contributed by atoms with Gasteiger partial charge in [-0.25, -0.2) is 18.2 Å². The number of carbonyl (C=O) groups is 1. The predicted octanol–water partition coefficient (Wildman–Crippen LogP) is 8.97. The average molecular weight is 722 g/mol. The fourth-order valence-corrected chi connectivity index (χ4v) is 5.83. The zero-order valence-electron chi connectivity index (χ0n) is 29.8. The second-order valence-electron chi connectivity index (χ2n) is 13.2. The molecule has 0 saturated carbocycles. The highest BCUT2D eigenvalue weighted by molar-refractivity contribution is 5.91. The Kier molecular flexibility index (Phi) is 12.4. The summed E-state index contributed by atoms with van der Waals surface area (Å²) in [5.41, 5.74) is 4.51. The van der Waals surface area contributed by atoms with Crippen LogP contribution in [0.2, 0.25) is 0 Å². The van der Waals surface area contributed by atoms with Gasteiger partial charge in [0, 0.05) is 62.9 Å². The first-order valence-electron chi connectivity index (χ1n) is 17.7. The van der Waals surface area contributed by atoms with Crippen molar-refractivity contribution >= 4 is 12.0 Å². The Balaban J connectivity index is 0.905. The first-order valence-corrected chi connectivity index (χ1v) is 17.7. The molecule has 1 fully saturated rings. The molecular weight excluding hydrogens is 679 g/mol. The van der Waals surface area contributed by atoms with Crippen LogP contribution in [-0.4, -0.2) is 53.5 Å². The van der Waals surface area contributed by atoms with Crippen LogP contribution in [0.4, 0.5) is 13.2 Å². The number of carbonyl (C=O) groups excluding carboxylic acids is 1. The van der Waals surface area contributed by atoms with Gasteiger partial charge in [-0.15, -0.1) is 0 Å². The molecule has 2 heterocycles. The zero-order chi connectivity index (χ0) is 37.2. The van der Waals surface area contributed by atoms with E-state index >= 15 is 0 Å². The minimum absolute atomic E-state index is 0.0375. The lowest BCUT2D eigenvalue weighted by molar-refractivity contribution is -0.127. The van der Waals surface area contributed by atoms with Gasteiger partial charge in [-0.1, -0.05) is 56.3 Å². The van der Waals surface area contributed by atoms with Crippen molar-refractivity contribution in [2.24, 2.45) is 0 Å². The van der Waals surface area contributed by atoms with E-state index in [1.165, 1.54) is 53.2 Å². The van der Waals surface area contributed by atoms with E-state index in [0.717, 1.165) is 43.9 Å². The summed E-state index contributed by atoms with van der Waals surface area (Å²) in [7, 11) is 0. The van der Waals surface area contributed by atoms with Gasteiger partial charge in [-0.3, -0.25) is 9.69 Å². The second kappa shape index (κ2) is 17.7. The first kappa shape index (κ1) is 37.2. The van der Waals surface area contributed by atoms with Crippen LogP contribution >= 0.6 is 0 Å². The lowest BCUT2D eigenvalue weighted by atomic mass is 10.0. The number of aromatic nitrogens is 1. The second-order valence-corrected chi connectivity index (χ2v) is 13.2. The van der Waals surface area contributed by atoms with Crippen molar-refractivity contribution in [3.05, 3.63) is 155 Å². The summed E-state index contributed by atoms with van der Waals surface area (Å²) in [6.45, 7) is 8.40. The highest BCUT2D eigenvalue weighted by Gasteiger charge is 2.20. The van der Waals surface area contributed by atoms with Gasteiger partial charge in [0.25, 0.3) is 0 Å². The van der Waals surface area contributed by atoms with Gasteiger partial charge >= 0.3 is 0 Å².